The van der Waals surface area contributed by atoms with Crippen molar-refractivity contribution in [3.05, 3.63) is 70.4 Å². The van der Waals surface area contributed by atoms with E-state index in [0.717, 1.165) is 23.3 Å². The van der Waals surface area contributed by atoms with Gasteiger partial charge in [-0.1, -0.05) is 46.6 Å². The number of nitrogens with one attached hydrogen (secondary N) is 1. The first kappa shape index (κ1) is 18.0. The van der Waals surface area contributed by atoms with E-state index in [0.29, 0.717) is 5.76 Å². The van der Waals surface area contributed by atoms with Crippen LogP contribution in [0.1, 0.15) is 21.6 Å². The quantitative estimate of drug-likeness (QED) is 0.645. The fourth-order valence-electron chi connectivity index (χ4n) is 2.25. The Hall–Kier alpha value is -2.80. The average molecular weight is 381 g/mol. The number of aromatic nitrogens is 1. The summed E-state index contributed by atoms with van der Waals surface area (Å²) in [5, 5.41) is 5.57. The van der Waals surface area contributed by atoms with E-state index in [4.69, 9.17) is 16.1 Å². The molecule has 0 radical (unpaired) electrons. The highest BCUT2D eigenvalue weighted by molar-refractivity contribution is 6.31. The fraction of sp³-hybridized carbons (Fsp3) is 0.111. The number of hydrogen-bond donors (Lipinski definition) is 1. The number of benzene rings is 2. The summed E-state index contributed by atoms with van der Waals surface area (Å²) >= 11 is 5.56. The summed E-state index contributed by atoms with van der Waals surface area (Å²) in [6, 6.07) is 11.9. The van der Waals surface area contributed by atoms with E-state index < -0.39 is 22.7 Å². The van der Waals surface area contributed by atoms with Crippen LogP contribution in [0, 0.1) is 6.92 Å². The molecule has 0 unspecified atom stereocenters. The van der Waals surface area contributed by atoms with Gasteiger partial charge in [0.1, 0.15) is 0 Å². The Labute approximate surface area is 151 Å². The van der Waals surface area contributed by atoms with Gasteiger partial charge < -0.3 is 9.84 Å². The van der Waals surface area contributed by atoms with Crippen molar-refractivity contribution in [2.45, 2.75) is 13.1 Å². The van der Waals surface area contributed by atoms with Crippen LogP contribution in [0.2, 0.25) is 5.02 Å². The number of nitrogens with zero attached hydrogens (tertiary/aromatic N) is 1. The monoisotopic (exact) mass is 380 g/mol. The summed E-state index contributed by atoms with van der Waals surface area (Å²) in [4.78, 5) is 12.2. The molecule has 0 spiro atoms. The maximum atomic E-state index is 12.9. The largest absolute Gasteiger partial charge is 0.417 e. The van der Waals surface area contributed by atoms with Crippen LogP contribution >= 0.6 is 11.6 Å². The van der Waals surface area contributed by atoms with Crippen LogP contribution in [0.25, 0.3) is 11.3 Å². The first-order valence-electron chi connectivity index (χ1n) is 7.46. The molecular formula is C18H12ClF3N2O2. The van der Waals surface area contributed by atoms with Gasteiger partial charge in [-0.15, -0.1) is 0 Å². The maximum Gasteiger partial charge on any atom is 0.417 e. The van der Waals surface area contributed by atoms with Crippen LogP contribution in [0.5, 0.6) is 0 Å². The second-order valence-electron chi connectivity index (χ2n) is 5.59. The number of carbonyl (C=O) groups excluding carboxylic acids is 1. The molecule has 0 fully saturated rings. The lowest BCUT2D eigenvalue weighted by atomic mass is 10.1. The van der Waals surface area contributed by atoms with Gasteiger partial charge in [0, 0.05) is 17.3 Å². The number of anilines is 1. The summed E-state index contributed by atoms with van der Waals surface area (Å²) < 4.78 is 43.8. The molecule has 1 N–H and O–H groups in total. The second kappa shape index (κ2) is 6.84. The normalized spacial score (nSPS) is 11.4. The predicted molar refractivity (Wildman–Crippen MR) is 91.1 cm³/mol. The summed E-state index contributed by atoms with van der Waals surface area (Å²) in [6.07, 6.45) is -4.62. The van der Waals surface area contributed by atoms with E-state index in [9.17, 15) is 18.0 Å². The zero-order valence-corrected chi connectivity index (χ0v) is 14.2. The molecule has 0 saturated carbocycles. The molecule has 4 nitrogen and oxygen atoms in total. The van der Waals surface area contributed by atoms with E-state index >= 15 is 0 Å². The van der Waals surface area contributed by atoms with Crippen molar-refractivity contribution in [2.75, 3.05) is 5.32 Å². The van der Waals surface area contributed by atoms with Crippen molar-refractivity contribution < 1.29 is 22.5 Å². The highest BCUT2D eigenvalue weighted by Crippen LogP contribution is 2.36. The molecular weight excluding hydrogens is 369 g/mol. The van der Waals surface area contributed by atoms with Gasteiger partial charge in [-0.3, -0.25) is 4.79 Å². The molecule has 8 heteroatoms. The maximum absolute atomic E-state index is 12.9. The van der Waals surface area contributed by atoms with Gasteiger partial charge >= 0.3 is 6.18 Å². The van der Waals surface area contributed by atoms with Crippen molar-refractivity contribution in [1.29, 1.82) is 0 Å². The summed E-state index contributed by atoms with van der Waals surface area (Å²) in [7, 11) is 0. The lowest BCUT2D eigenvalue weighted by Crippen LogP contribution is -2.13. The van der Waals surface area contributed by atoms with Crippen molar-refractivity contribution >= 4 is 23.2 Å². The lowest BCUT2D eigenvalue weighted by Gasteiger charge is -2.11. The lowest BCUT2D eigenvalue weighted by molar-refractivity contribution is -0.137. The van der Waals surface area contributed by atoms with Crippen molar-refractivity contribution in [3.63, 3.8) is 0 Å². The highest BCUT2D eigenvalue weighted by atomic mass is 35.5. The second-order valence-corrected chi connectivity index (χ2v) is 6.00. The Balaban J connectivity index is 1.80. The van der Waals surface area contributed by atoms with Crippen LogP contribution < -0.4 is 5.32 Å². The Morgan fingerprint density at radius 1 is 1.12 bits per heavy atom. The van der Waals surface area contributed by atoms with Crippen LogP contribution in [-0.4, -0.2) is 11.1 Å². The van der Waals surface area contributed by atoms with E-state index in [2.05, 4.69) is 10.5 Å². The van der Waals surface area contributed by atoms with E-state index in [1.54, 1.807) is 0 Å². The third-order valence-corrected chi connectivity index (χ3v) is 3.94. The van der Waals surface area contributed by atoms with Gasteiger partial charge in [-0.05, 0) is 25.1 Å². The molecule has 26 heavy (non-hydrogen) atoms. The molecule has 134 valence electrons. The number of alkyl halides is 3. The SMILES string of the molecule is Cc1ccc(-c2cc(C(=O)Nc3ccc(Cl)c(C(F)(F)F)c3)no2)cc1. The zero-order chi connectivity index (χ0) is 18.9. The smallest absolute Gasteiger partial charge is 0.355 e. The van der Waals surface area contributed by atoms with Gasteiger partial charge in [0.2, 0.25) is 0 Å². The number of halogens is 4. The third-order valence-electron chi connectivity index (χ3n) is 3.61. The van der Waals surface area contributed by atoms with Gasteiger partial charge in [0.25, 0.3) is 5.91 Å². The average Bonchev–Trinajstić information content (AvgIpc) is 3.06. The summed E-state index contributed by atoms with van der Waals surface area (Å²) in [5.41, 5.74) is 0.663. The van der Waals surface area contributed by atoms with Gasteiger partial charge in [-0.25, -0.2) is 0 Å². The molecule has 1 aromatic heterocycles. The number of hydrogen-bond acceptors (Lipinski definition) is 3. The predicted octanol–water partition coefficient (Wildman–Crippen LogP) is 5.57. The van der Waals surface area contributed by atoms with Crippen LogP contribution in [0.4, 0.5) is 18.9 Å². The molecule has 0 aliphatic heterocycles. The zero-order valence-electron chi connectivity index (χ0n) is 13.4. The molecule has 0 atom stereocenters. The molecule has 0 aliphatic carbocycles. The van der Waals surface area contributed by atoms with E-state index in [1.807, 2.05) is 31.2 Å². The first-order valence-corrected chi connectivity index (χ1v) is 7.84. The standard InChI is InChI=1S/C18H12ClF3N2O2/c1-10-2-4-11(5-3-10)16-9-15(24-26-16)17(25)23-12-6-7-14(19)13(8-12)18(20,21)22/h2-9H,1H3,(H,23,25). The van der Waals surface area contributed by atoms with Crippen molar-refractivity contribution in [1.82, 2.24) is 5.16 Å². The molecule has 3 rings (SSSR count). The Bertz CT molecular complexity index is 950. The summed E-state index contributed by atoms with van der Waals surface area (Å²) in [6.45, 7) is 1.93. The molecule has 3 aromatic rings. The Morgan fingerprint density at radius 2 is 1.81 bits per heavy atom. The number of aryl methyl sites for hydroxylation is 1. The minimum absolute atomic E-state index is 0.0494. The Kier molecular flexibility index (Phi) is 4.73. The van der Waals surface area contributed by atoms with Crippen LogP contribution in [0.15, 0.2) is 53.1 Å². The Morgan fingerprint density at radius 3 is 2.46 bits per heavy atom. The third kappa shape index (κ3) is 3.88. The minimum Gasteiger partial charge on any atom is -0.355 e. The molecule has 0 saturated heterocycles. The number of carbonyl (C=O) groups is 1. The molecule has 1 amide bonds. The first-order chi connectivity index (χ1) is 12.2. The molecule has 1 heterocycles. The van der Waals surface area contributed by atoms with E-state index in [1.165, 1.54) is 12.1 Å². The van der Waals surface area contributed by atoms with Gasteiger partial charge in [-0.2, -0.15) is 13.2 Å². The summed E-state index contributed by atoms with van der Waals surface area (Å²) in [5.74, 6) is -0.315. The van der Waals surface area contributed by atoms with Crippen molar-refractivity contribution in [3.8, 4) is 11.3 Å². The molecule has 0 aliphatic rings. The van der Waals surface area contributed by atoms with Crippen LogP contribution in [-0.2, 0) is 6.18 Å². The van der Waals surface area contributed by atoms with Crippen LogP contribution in [0.3, 0.4) is 0 Å². The fourth-order valence-corrected chi connectivity index (χ4v) is 2.48. The van der Waals surface area contributed by atoms with Gasteiger partial charge in [0.05, 0.1) is 10.6 Å². The van der Waals surface area contributed by atoms with E-state index in [-0.39, 0.29) is 11.4 Å². The molecule has 2 aromatic carbocycles. The minimum atomic E-state index is -4.62. The number of amides is 1. The van der Waals surface area contributed by atoms with Gasteiger partial charge in [0.15, 0.2) is 11.5 Å². The topological polar surface area (TPSA) is 55.1 Å². The number of rotatable bonds is 3. The molecule has 0 bridgehead atoms. The van der Waals surface area contributed by atoms with Crippen molar-refractivity contribution in [2.24, 2.45) is 0 Å². The highest BCUT2D eigenvalue weighted by Gasteiger charge is 2.33.